The molecule has 2 heterocycles. The Balaban J connectivity index is 1.71. The van der Waals surface area contributed by atoms with Crippen molar-refractivity contribution in [3.05, 3.63) is 51.5 Å². The van der Waals surface area contributed by atoms with Crippen LogP contribution in [0.5, 0.6) is 0 Å². The van der Waals surface area contributed by atoms with Crippen molar-refractivity contribution >= 4 is 28.9 Å². The fraction of sp³-hybridized carbons (Fsp3) is 0.263. The molecule has 0 spiro atoms. The molecule has 0 radical (unpaired) electrons. The van der Waals surface area contributed by atoms with Crippen LogP contribution in [0.2, 0.25) is 0 Å². The van der Waals surface area contributed by atoms with E-state index in [9.17, 15) is 18.0 Å². The van der Waals surface area contributed by atoms with E-state index in [0.29, 0.717) is 21.7 Å². The van der Waals surface area contributed by atoms with Crippen LogP contribution in [0, 0.1) is 29.6 Å². The molecular weight excluding hydrogens is 403 g/mol. The van der Waals surface area contributed by atoms with Crippen molar-refractivity contribution in [1.29, 1.82) is 10.8 Å². The van der Waals surface area contributed by atoms with Crippen LogP contribution in [0.25, 0.3) is 0 Å². The maximum atomic E-state index is 12.7. The molecule has 1 aromatic heterocycles. The van der Waals surface area contributed by atoms with E-state index in [1.807, 2.05) is 12.3 Å². The van der Waals surface area contributed by atoms with Crippen LogP contribution in [-0.2, 0) is 0 Å². The van der Waals surface area contributed by atoms with Gasteiger partial charge in [-0.15, -0.1) is 11.3 Å². The number of benzene rings is 1. The van der Waals surface area contributed by atoms with E-state index >= 15 is 0 Å². The summed E-state index contributed by atoms with van der Waals surface area (Å²) in [7, 11) is 0. The Morgan fingerprint density at radius 2 is 2.03 bits per heavy atom. The molecule has 10 heteroatoms. The Bertz CT molecular complexity index is 1030. The smallest absolute Gasteiger partial charge is 0.329 e. The lowest BCUT2D eigenvalue weighted by molar-refractivity contribution is -0.0675. The summed E-state index contributed by atoms with van der Waals surface area (Å²) in [5.41, 5.74) is 1.58. The van der Waals surface area contributed by atoms with Gasteiger partial charge in [-0.1, -0.05) is 12.0 Å². The van der Waals surface area contributed by atoms with Crippen molar-refractivity contribution in [3.8, 4) is 11.8 Å². The molecule has 0 saturated carbocycles. The van der Waals surface area contributed by atoms with Crippen molar-refractivity contribution in [2.75, 3.05) is 19.6 Å². The van der Waals surface area contributed by atoms with Crippen molar-refractivity contribution < 1.29 is 18.0 Å². The topological polar surface area (TPSA) is 84.1 Å². The zero-order valence-corrected chi connectivity index (χ0v) is 16.1. The number of aryl methyl sites for hydroxylation is 1. The van der Waals surface area contributed by atoms with Crippen molar-refractivity contribution in [1.82, 2.24) is 14.8 Å². The fourth-order valence-electron chi connectivity index (χ4n) is 2.74. The van der Waals surface area contributed by atoms with Gasteiger partial charge in [0.15, 0.2) is 0 Å². The molecule has 0 aliphatic carbocycles. The Hall–Kier alpha value is -3.19. The number of thiazole rings is 1. The molecule has 1 aliphatic rings. The Morgan fingerprint density at radius 3 is 2.66 bits per heavy atom. The summed E-state index contributed by atoms with van der Waals surface area (Å²) < 4.78 is 38.1. The van der Waals surface area contributed by atoms with E-state index in [-0.39, 0.29) is 19.6 Å². The average molecular weight is 419 g/mol. The van der Waals surface area contributed by atoms with E-state index in [4.69, 9.17) is 10.8 Å². The number of hydrogen-bond acceptors (Lipinski definition) is 5. The number of piperazine rings is 1. The number of hydrogen-bond donors (Lipinski definition) is 2. The van der Waals surface area contributed by atoms with E-state index in [2.05, 4.69) is 16.8 Å². The monoisotopic (exact) mass is 419 g/mol. The first-order valence-electron chi connectivity index (χ1n) is 8.49. The lowest BCUT2D eigenvalue weighted by Crippen LogP contribution is -2.56. The summed E-state index contributed by atoms with van der Waals surface area (Å²) >= 11 is 1.49. The standard InChI is InChI=1S/C19H16F3N5OS/c1-12-25-15(11-29-12)6-5-13-3-2-4-14(9-13)17(28)26-7-8-27(16(23)10-26)18(24)19(20,21)22/h2-4,9,11,23-24H,7-8,10H2,1H3. The molecule has 0 unspecified atom stereocenters. The van der Waals surface area contributed by atoms with Crippen LogP contribution in [0.3, 0.4) is 0 Å². The number of amides is 1. The molecule has 6 nitrogen and oxygen atoms in total. The van der Waals surface area contributed by atoms with Gasteiger partial charge < -0.3 is 9.80 Å². The first kappa shape index (κ1) is 20.5. The molecule has 2 aromatic rings. The number of carbonyl (C=O) groups is 1. The van der Waals surface area contributed by atoms with Crippen LogP contribution in [-0.4, -0.2) is 58.2 Å². The lowest BCUT2D eigenvalue weighted by atomic mass is 10.1. The van der Waals surface area contributed by atoms with Gasteiger partial charge in [0.1, 0.15) is 11.5 Å². The highest BCUT2D eigenvalue weighted by Crippen LogP contribution is 2.21. The van der Waals surface area contributed by atoms with Gasteiger partial charge in [-0.05, 0) is 31.0 Å². The molecule has 150 valence electrons. The lowest BCUT2D eigenvalue weighted by Gasteiger charge is -2.36. The summed E-state index contributed by atoms with van der Waals surface area (Å²) in [4.78, 5) is 18.8. The molecular formula is C19H16F3N5OS. The number of alkyl halides is 3. The third kappa shape index (κ3) is 4.81. The van der Waals surface area contributed by atoms with Crippen molar-refractivity contribution in [3.63, 3.8) is 0 Å². The summed E-state index contributed by atoms with van der Waals surface area (Å²) in [6.07, 6.45) is -4.83. The quantitative estimate of drug-likeness (QED) is 0.423. The number of nitrogens with zero attached hydrogens (tertiary/aromatic N) is 3. The maximum absolute atomic E-state index is 12.7. The zero-order valence-electron chi connectivity index (χ0n) is 15.3. The largest absolute Gasteiger partial charge is 0.449 e. The van der Waals surface area contributed by atoms with Crippen LogP contribution in [0.1, 0.15) is 26.6 Å². The number of carbonyl (C=O) groups excluding carboxylic acids is 1. The molecule has 1 fully saturated rings. The summed E-state index contributed by atoms with van der Waals surface area (Å²) in [5.74, 6) is 3.42. The molecule has 0 bridgehead atoms. The number of amidine groups is 2. The van der Waals surface area contributed by atoms with Crippen LogP contribution >= 0.6 is 11.3 Å². The Morgan fingerprint density at radius 1 is 1.28 bits per heavy atom. The highest BCUT2D eigenvalue weighted by Gasteiger charge is 2.41. The normalized spacial score (nSPS) is 14.4. The van der Waals surface area contributed by atoms with Gasteiger partial charge in [0.2, 0.25) is 5.84 Å². The first-order valence-corrected chi connectivity index (χ1v) is 9.37. The minimum absolute atomic E-state index is 0.0202. The van der Waals surface area contributed by atoms with E-state index < -0.39 is 23.8 Å². The van der Waals surface area contributed by atoms with Gasteiger partial charge in [0.05, 0.1) is 11.6 Å². The third-order valence-electron chi connectivity index (χ3n) is 4.15. The van der Waals surface area contributed by atoms with Crippen LogP contribution in [0.15, 0.2) is 29.6 Å². The van der Waals surface area contributed by atoms with Crippen LogP contribution < -0.4 is 0 Å². The van der Waals surface area contributed by atoms with Crippen molar-refractivity contribution in [2.24, 2.45) is 0 Å². The number of halogens is 3. The summed E-state index contributed by atoms with van der Waals surface area (Å²) in [5, 5.41) is 17.7. The first-order chi connectivity index (χ1) is 13.6. The molecule has 0 atom stereocenters. The SMILES string of the molecule is Cc1nc(C#Cc2cccc(C(=O)N3CCN(C(=N)C(F)(F)F)C(=N)C3)c2)cs1. The molecule has 1 saturated heterocycles. The number of rotatable bonds is 1. The van der Waals surface area contributed by atoms with Gasteiger partial charge in [-0.2, -0.15) is 13.2 Å². The van der Waals surface area contributed by atoms with Gasteiger partial charge in [0.25, 0.3) is 5.91 Å². The highest BCUT2D eigenvalue weighted by molar-refractivity contribution is 7.09. The average Bonchev–Trinajstić information content (AvgIpc) is 3.10. The minimum Gasteiger partial charge on any atom is -0.329 e. The van der Waals surface area contributed by atoms with E-state index in [1.54, 1.807) is 24.3 Å². The zero-order chi connectivity index (χ0) is 21.2. The maximum Gasteiger partial charge on any atom is 0.449 e. The second kappa shape index (κ2) is 8.05. The molecule has 3 rings (SSSR count). The number of nitrogens with one attached hydrogen (secondary N) is 2. The van der Waals surface area contributed by atoms with Gasteiger partial charge in [0, 0.05) is 29.6 Å². The Labute approximate surface area is 169 Å². The summed E-state index contributed by atoms with van der Waals surface area (Å²) in [6, 6.07) is 6.61. The molecule has 29 heavy (non-hydrogen) atoms. The van der Waals surface area contributed by atoms with Gasteiger partial charge in [-0.25, -0.2) is 4.98 Å². The summed E-state index contributed by atoms with van der Waals surface area (Å²) in [6.45, 7) is 1.30. The fourth-order valence-corrected chi connectivity index (χ4v) is 3.29. The Kier molecular flexibility index (Phi) is 5.70. The second-order valence-electron chi connectivity index (χ2n) is 6.25. The molecule has 1 aromatic carbocycles. The van der Waals surface area contributed by atoms with E-state index in [0.717, 1.165) is 5.01 Å². The van der Waals surface area contributed by atoms with Crippen LogP contribution in [0.4, 0.5) is 13.2 Å². The molecule has 1 amide bonds. The van der Waals surface area contributed by atoms with Gasteiger partial charge in [-0.3, -0.25) is 15.6 Å². The predicted octanol–water partition coefficient (Wildman–Crippen LogP) is 3.13. The molecule has 1 aliphatic heterocycles. The van der Waals surface area contributed by atoms with Gasteiger partial charge >= 0.3 is 6.18 Å². The highest BCUT2D eigenvalue weighted by atomic mass is 32.1. The number of aromatic nitrogens is 1. The minimum atomic E-state index is -4.83. The van der Waals surface area contributed by atoms with Crippen molar-refractivity contribution in [2.45, 2.75) is 13.1 Å². The third-order valence-corrected chi connectivity index (χ3v) is 4.92. The predicted molar refractivity (Wildman–Crippen MR) is 103 cm³/mol. The van der Waals surface area contributed by atoms with E-state index in [1.165, 1.54) is 16.2 Å². The molecule has 2 N–H and O–H groups in total. The second-order valence-corrected chi connectivity index (χ2v) is 7.32.